The number of nitrogens with zero attached hydrogens (tertiary/aromatic N) is 1. The molecule has 2 rings (SSSR count). The van der Waals surface area contributed by atoms with E-state index in [1.165, 1.54) is 0 Å². The zero-order valence-electron chi connectivity index (χ0n) is 6.77. The molecule has 0 spiro atoms. The summed E-state index contributed by atoms with van der Waals surface area (Å²) in [6.07, 6.45) is 0. The molecule has 0 amide bonds. The van der Waals surface area contributed by atoms with Crippen molar-refractivity contribution in [2.24, 2.45) is 0 Å². The highest BCUT2D eigenvalue weighted by atomic mass is 32.1. The molecule has 1 aromatic carbocycles. The fourth-order valence-corrected chi connectivity index (χ4v) is 1.98. The van der Waals surface area contributed by atoms with Crippen LogP contribution >= 0.6 is 11.3 Å². The Labute approximate surface area is 77.0 Å². The quantitative estimate of drug-likeness (QED) is 0.709. The van der Waals surface area contributed by atoms with E-state index in [0.717, 1.165) is 17.4 Å². The molecule has 0 unspecified atom stereocenters. The highest BCUT2D eigenvalue weighted by Gasteiger charge is 2.13. The van der Waals surface area contributed by atoms with Crippen molar-refractivity contribution in [2.45, 2.75) is 6.92 Å². The fraction of sp³-hybridized carbons (Fsp3) is 0.125. The minimum Gasteiger partial charge on any atom is -0.375 e. The van der Waals surface area contributed by atoms with Crippen molar-refractivity contribution < 1.29 is 8.78 Å². The number of aryl methyl sites for hydroxylation is 1. The van der Waals surface area contributed by atoms with Crippen LogP contribution in [0.4, 0.5) is 13.9 Å². The number of fused-ring (bicyclic) bond motifs is 1. The monoisotopic (exact) mass is 200 g/mol. The molecule has 68 valence electrons. The maximum atomic E-state index is 13.1. The predicted molar refractivity (Wildman–Crippen MR) is 48.7 cm³/mol. The largest absolute Gasteiger partial charge is 0.375 e. The number of nitrogen functional groups attached to an aromatic ring is 1. The van der Waals surface area contributed by atoms with Gasteiger partial charge in [0.25, 0.3) is 0 Å². The van der Waals surface area contributed by atoms with Crippen LogP contribution in [0.2, 0.25) is 0 Å². The van der Waals surface area contributed by atoms with Crippen LogP contribution < -0.4 is 5.73 Å². The van der Waals surface area contributed by atoms with Gasteiger partial charge >= 0.3 is 0 Å². The highest BCUT2D eigenvalue weighted by molar-refractivity contribution is 7.22. The van der Waals surface area contributed by atoms with Crippen LogP contribution in [0.25, 0.3) is 10.2 Å². The smallest absolute Gasteiger partial charge is 0.185 e. The van der Waals surface area contributed by atoms with E-state index in [9.17, 15) is 8.78 Å². The SMILES string of the molecule is Cc1cc(F)c(F)c2nc(N)sc12. The van der Waals surface area contributed by atoms with Gasteiger partial charge < -0.3 is 5.73 Å². The summed E-state index contributed by atoms with van der Waals surface area (Å²) in [5, 5.41) is 0.252. The van der Waals surface area contributed by atoms with Gasteiger partial charge in [0.15, 0.2) is 16.8 Å². The van der Waals surface area contributed by atoms with E-state index in [-0.39, 0.29) is 10.6 Å². The first-order valence-corrected chi connectivity index (χ1v) is 4.42. The lowest BCUT2D eigenvalue weighted by Crippen LogP contribution is -1.88. The topological polar surface area (TPSA) is 38.9 Å². The number of thiazole rings is 1. The number of nitrogens with two attached hydrogens (primary N) is 1. The number of benzene rings is 1. The summed E-state index contributed by atoms with van der Waals surface area (Å²) in [7, 11) is 0. The Morgan fingerprint density at radius 2 is 2.15 bits per heavy atom. The lowest BCUT2D eigenvalue weighted by molar-refractivity contribution is 0.515. The third-order valence-corrected chi connectivity index (χ3v) is 2.78. The molecule has 13 heavy (non-hydrogen) atoms. The lowest BCUT2D eigenvalue weighted by atomic mass is 10.2. The summed E-state index contributed by atoms with van der Waals surface area (Å²) in [5.41, 5.74) is 6.08. The molecule has 0 radical (unpaired) electrons. The van der Waals surface area contributed by atoms with Crippen molar-refractivity contribution in [1.29, 1.82) is 0 Å². The minimum atomic E-state index is -0.923. The van der Waals surface area contributed by atoms with Gasteiger partial charge in [0.05, 0.1) is 4.70 Å². The Morgan fingerprint density at radius 1 is 1.46 bits per heavy atom. The second-order valence-corrected chi connectivity index (χ2v) is 3.75. The molecule has 1 aromatic heterocycles. The third kappa shape index (κ3) is 1.16. The summed E-state index contributed by atoms with van der Waals surface area (Å²) < 4.78 is 26.6. The van der Waals surface area contributed by atoms with E-state index in [2.05, 4.69) is 4.98 Å². The summed E-state index contributed by atoms with van der Waals surface area (Å²) in [4.78, 5) is 3.72. The second kappa shape index (κ2) is 2.63. The van der Waals surface area contributed by atoms with E-state index < -0.39 is 11.6 Å². The Balaban J connectivity index is 2.95. The lowest BCUT2D eigenvalue weighted by Gasteiger charge is -1.96. The van der Waals surface area contributed by atoms with Crippen LogP contribution in [0.3, 0.4) is 0 Å². The third-order valence-electron chi connectivity index (χ3n) is 1.76. The molecule has 0 aliphatic heterocycles. The average Bonchev–Trinajstić information content (AvgIpc) is 2.44. The van der Waals surface area contributed by atoms with Gasteiger partial charge in [-0.25, -0.2) is 13.8 Å². The van der Waals surface area contributed by atoms with E-state index in [1.807, 2.05) is 0 Å². The van der Waals surface area contributed by atoms with Crippen molar-refractivity contribution in [3.8, 4) is 0 Å². The highest BCUT2D eigenvalue weighted by Crippen LogP contribution is 2.30. The van der Waals surface area contributed by atoms with Crippen molar-refractivity contribution in [3.05, 3.63) is 23.3 Å². The molecule has 0 saturated heterocycles. The van der Waals surface area contributed by atoms with Gasteiger partial charge in [0.2, 0.25) is 0 Å². The molecule has 0 bridgehead atoms. The first kappa shape index (κ1) is 8.37. The Kier molecular flexibility index (Phi) is 1.69. The molecule has 0 aliphatic carbocycles. The van der Waals surface area contributed by atoms with E-state index in [0.29, 0.717) is 10.3 Å². The Hall–Kier alpha value is -1.23. The molecule has 0 saturated carbocycles. The molecular weight excluding hydrogens is 194 g/mol. The molecule has 2 aromatic rings. The van der Waals surface area contributed by atoms with Gasteiger partial charge in [-0.1, -0.05) is 11.3 Å². The van der Waals surface area contributed by atoms with Crippen molar-refractivity contribution >= 4 is 26.7 Å². The van der Waals surface area contributed by atoms with Gasteiger partial charge in [0, 0.05) is 0 Å². The molecule has 5 heteroatoms. The zero-order chi connectivity index (χ0) is 9.59. The van der Waals surface area contributed by atoms with E-state index in [4.69, 9.17) is 5.73 Å². The average molecular weight is 200 g/mol. The second-order valence-electron chi connectivity index (χ2n) is 2.72. The number of halogens is 2. The molecule has 0 atom stereocenters. The number of hydrogen-bond donors (Lipinski definition) is 1. The first-order chi connectivity index (χ1) is 6.09. The minimum absolute atomic E-state index is 0.0278. The van der Waals surface area contributed by atoms with Crippen LogP contribution in [0.5, 0.6) is 0 Å². The van der Waals surface area contributed by atoms with E-state index >= 15 is 0 Å². The first-order valence-electron chi connectivity index (χ1n) is 3.60. The van der Waals surface area contributed by atoms with Crippen LogP contribution in [0, 0.1) is 18.6 Å². The summed E-state index contributed by atoms with van der Waals surface area (Å²) in [6.45, 7) is 1.70. The van der Waals surface area contributed by atoms with Crippen LogP contribution in [0.15, 0.2) is 6.07 Å². The molecule has 2 N–H and O–H groups in total. The standard InChI is InChI=1S/C8H6F2N2S/c1-3-2-4(9)5(10)6-7(3)13-8(11)12-6/h2H,1H3,(H2,11,12). The number of rotatable bonds is 0. The number of aromatic nitrogens is 1. The molecule has 1 heterocycles. The summed E-state index contributed by atoms with van der Waals surface area (Å²) in [5.74, 6) is -1.80. The van der Waals surface area contributed by atoms with Crippen molar-refractivity contribution in [3.63, 3.8) is 0 Å². The van der Waals surface area contributed by atoms with E-state index in [1.54, 1.807) is 6.92 Å². The maximum Gasteiger partial charge on any atom is 0.185 e. The van der Waals surface area contributed by atoms with Gasteiger partial charge in [-0.05, 0) is 18.6 Å². The van der Waals surface area contributed by atoms with Gasteiger partial charge in [-0.3, -0.25) is 0 Å². The maximum absolute atomic E-state index is 13.1. The Bertz CT molecular complexity index is 478. The van der Waals surface area contributed by atoms with Gasteiger partial charge in [0.1, 0.15) is 5.52 Å². The zero-order valence-corrected chi connectivity index (χ0v) is 7.58. The van der Waals surface area contributed by atoms with Crippen molar-refractivity contribution in [1.82, 2.24) is 4.98 Å². The number of anilines is 1. The van der Waals surface area contributed by atoms with Crippen LogP contribution in [-0.2, 0) is 0 Å². The molecule has 0 aliphatic rings. The fourth-order valence-electron chi connectivity index (χ4n) is 1.18. The number of hydrogen-bond acceptors (Lipinski definition) is 3. The van der Waals surface area contributed by atoms with Crippen LogP contribution in [0.1, 0.15) is 5.56 Å². The molecule has 2 nitrogen and oxygen atoms in total. The summed E-state index contributed by atoms with van der Waals surface area (Å²) in [6, 6.07) is 1.15. The van der Waals surface area contributed by atoms with Gasteiger partial charge in [-0.15, -0.1) is 0 Å². The molecule has 0 fully saturated rings. The molecular formula is C8H6F2N2S. The van der Waals surface area contributed by atoms with Crippen LogP contribution in [-0.4, -0.2) is 4.98 Å². The predicted octanol–water partition coefficient (Wildman–Crippen LogP) is 2.47. The normalized spacial score (nSPS) is 11.0. The summed E-state index contributed by atoms with van der Waals surface area (Å²) >= 11 is 1.16. The van der Waals surface area contributed by atoms with Crippen molar-refractivity contribution in [2.75, 3.05) is 5.73 Å². The Morgan fingerprint density at radius 3 is 2.85 bits per heavy atom. The van der Waals surface area contributed by atoms with Gasteiger partial charge in [-0.2, -0.15) is 0 Å².